The first-order valence-electron chi connectivity index (χ1n) is 6.47. The third kappa shape index (κ3) is 4.47. The summed E-state index contributed by atoms with van der Waals surface area (Å²) in [5.41, 5.74) is 0.636. The van der Waals surface area contributed by atoms with E-state index in [0.717, 1.165) is 0 Å². The number of anilines is 1. The predicted molar refractivity (Wildman–Crippen MR) is 74.2 cm³/mol. The van der Waals surface area contributed by atoms with Crippen molar-refractivity contribution in [1.29, 1.82) is 0 Å². The maximum absolute atomic E-state index is 13.5. The highest BCUT2D eigenvalue weighted by molar-refractivity contribution is 7.92. The third-order valence-corrected chi connectivity index (χ3v) is 4.42. The minimum Gasteiger partial charge on any atom is -0.314 e. The Kier molecular flexibility index (Phi) is 4.42. The van der Waals surface area contributed by atoms with Gasteiger partial charge in [-0.3, -0.25) is 4.72 Å². The maximum Gasteiger partial charge on any atom is 0.232 e. The summed E-state index contributed by atoms with van der Waals surface area (Å²) in [4.78, 5) is 0. The van der Waals surface area contributed by atoms with Crippen molar-refractivity contribution in [2.45, 2.75) is 32.2 Å². The van der Waals surface area contributed by atoms with Gasteiger partial charge in [0.15, 0.2) is 0 Å². The second-order valence-electron chi connectivity index (χ2n) is 4.93. The van der Waals surface area contributed by atoms with Crippen molar-refractivity contribution < 1.29 is 12.8 Å². The van der Waals surface area contributed by atoms with Gasteiger partial charge in [0.1, 0.15) is 5.82 Å². The molecular weight excluding hydrogens is 267 g/mol. The molecule has 1 fully saturated rings. The molecule has 0 bridgehead atoms. The summed E-state index contributed by atoms with van der Waals surface area (Å²) in [6.07, 6.45) is 2.89. The summed E-state index contributed by atoms with van der Waals surface area (Å²) in [5.74, 6) is -0.541. The lowest BCUT2D eigenvalue weighted by atomic mass is 10.2. The topological polar surface area (TPSA) is 58.2 Å². The van der Waals surface area contributed by atoms with Crippen LogP contribution in [0.15, 0.2) is 18.2 Å². The second kappa shape index (κ2) is 5.88. The number of hydrogen-bond acceptors (Lipinski definition) is 3. The monoisotopic (exact) mass is 286 g/mol. The Morgan fingerprint density at radius 2 is 2.11 bits per heavy atom. The van der Waals surface area contributed by atoms with Crippen LogP contribution < -0.4 is 10.0 Å². The van der Waals surface area contributed by atoms with E-state index in [-0.39, 0.29) is 11.4 Å². The van der Waals surface area contributed by atoms with Gasteiger partial charge in [-0.1, -0.05) is 12.1 Å². The summed E-state index contributed by atoms with van der Waals surface area (Å²) in [6.45, 7) is 2.36. The molecule has 106 valence electrons. The van der Waals surface area contributed by atoms with Crippen LogP contribution in [0.25, 0.3) is 0 Å². The van der Waals surface area contributed by atoms with Gasteiger partial charge in [0.25, 0.3) is 0 Å². The summed E-state index contributed by atoms with van der Waals surface area (Å²) in [5, 5.41) is 3.25. The minimum absolute atomic E-state index is 0.000490. The smallest absolute Gasteiger partial charge is 0.232 e. The summed E-state index contributed by atoms with van der Waals surface area (Å²) in [7, 11) is -3.49. The number of nitrogens with one attached hydrogen (secondary N) is 2. The molecule has 2 N–H and O–H groups in total. The zero-order valence-electron chi connectivity index (χ0n) is 10.9. The van der Waals surface area contributed by atoms with Crippen molar-refractivity contribution in [3.05, 3.63) is 29.6 Å². The number of sulfonamides is 1. The first-order valence-corrected chi connectivity index (χ1v) is 8.12. The fourth-order valence-corrected chi connectivity index (χ4v) is 3.02. The average molecular weight is 286 g/mol. The number of hydrogen-bond donors (Lipinski definition) is 2. The van der Waals surface area contributed by atoms with Crippen LogP contribution in [0, 0.1) is 12.7 Å². The molecule has 19 heavy (non-hydrogen) atoms. The third-order valence-electron chi connectivity index (χ3n) is 3.08. The van der Waals surface area contributed by atoms with Crippen molar-refractivity contribution in [2.75, 3.05) is 17.0 Å². The van der Waals surface area contributed by atoms with E-state index in [1.165, 1.54) is 18.9 Å². The Bertz CT molecular complexity index is 521. The van der Waals surface area contributed by atoms with Crippen LogP contribution in [-0.4, -0.2) is 26.8 Å². The van der Waals surface area contributed by atoms with Gasteiger partial charge in [-0.15, -0.1) is 0 Å². The van der Waals surface area contributed by atoms with Crippen molar-refractivity contribution in [3.63, 3.8) is 0 Å². The first kappa shape index (κ1) is 14.3. The zero-order valence-corrected chi connectivity index (χ0v) is 11.8. The van der Waals surface area contributed by atoms with E-state index in [4.69, 9.17) is 0 Å². The van der Waals surface area contributed by atoms with E-state index < -0.39 is 15.8 Å². The van der Waals surface area contributed by atoms with Crippen LogP contribution >= 0.6 is 0 Å². The van der Waals surface area contributed by atoms with Crippen molar-refractivity contribution in [1.82, 2.24) is 5.32 Å². The lowest BCUT2D eigenvalue weighted by Crippen LogP contribution is -2.23. The van der Waals surface area contributed by atoms with Gasteiger partial charge in [0, 0.05) is 6.04 Å². The van der Waals surface area contributed by atoms with Crippen molar-refractivity contribution in [3.8, 4) is 0 Å². The lowest BCUT2D eigenvalue weighted by Gasteiger charge is -2.11. The highest BCUT2D eigenvalue weighted by atomic mass is 32.2. The highest BCUT2D eigenvalue weighted by Crippen LogP contribution is 2.20. The molecule has 0 heterocycles. The lowest BCUT2D eigenvalue weighted by molar-refractivity contribution is 0.591. The molecule has 0 aliphatic heterocycles. The molecule has 6 heteroatoms. The Morgan fingerprint density at radius 3 is 2.74 bits per heavy atom. The van der Waals surface area contributed by atoms with E-state index in [1.54, 1.807) is 19.1 Å². The van der Waals surface area contributed by atoms with Gasteiger partial charge < -0.3 is 5.32 Å². The molecule has 2 rings (SSSR count). The van der Waals surface area contributed by atoms with E-state index in [1.807, 2.05) is 0 Å². The molecule has 0 atom stereocenters. The molecule has 0 spiro atoms. The Morgan fingerprint density at radius 1 is 1.37 bits per heavy atom. The second-order valence-corrected chi connectivity index (χ2v) is 6.78. The Hall–Kier alpha value is -1.14. The minimum atomic E-state index is -3.49. The van der Waals surface area contributed by atoms with Gasteiger partial charge in [0.2, 0.25) is 10.0 Å². The van der Waals surface area contributed by atoms with Gasteiger partial charge >= 0.3 is 0 Å². The van der Waals surface area contributed by atoms with E-state index in [9.17, 15) is 12.8 Å². The molecule has 1 saturated carbocycles. The normalized spacial score (nSPS) is 15.5. The molecule has 1 aromatic rings. The van der Waals surface area contributed by atoms with Crippen LogP contribution in [0.3, 0.4) is 0 Å². The summed E-state index contributed by atoms with van der Waals surface area (Å²) in [6, 6.07) is 5.06. The highest BCUT2D eigenvalue weighted by Gasteiger charge is 2.20. The van der Waals surface area contributed by atoms with Crippen LogP contribution in [-0.2, 0) is 10.0 Å². The van der Waals surface area contributed by atoms with Crippen LogP contribution in [0.5, 0.6) is 0 Å². The maximum atomic E-state index is 13.5. The molecule has 0 amide bonds. The largest absolute Gasteiger partial charge is 0.314 e. The van der Waals surface area contributed by atoms with Gasteiger partial charge in [-0.05, 0) is 44.4 Å². The Balaban J connectivity index is 1.88. The number of benzene rings is 1. The number of halogens is 1. The molecule has 0 radical (unpaired) electrons. The summed E-state index contributed by atoms with van der Waals surface area (Å²) >= 11 is 0. The molecule has 1 aliphatic carbocycles. The van der Waals surface area contributed by atoms with E-state index >= 15 is 0 Å². The van der Waals surface area contributed by atoms with Crippen molar-refractivity contribution in [2.24, 2.45) is 0 Å². The van der Waals surface area contributed by atoms with Gasteiger partial charge in [-0.2, -0.15) is 0 Å². The van der Waals surface area contributed by atoms with Crippen LogP contribution in [0.1, 0.15) is 24.8 Å². The van der Waals surface area contributed by atoms with Gasteiger partial charge in [0.05, 0.1) is 11.4 Å². The molecule has 1 aliphatic rings. The van der Waals surface area contributed by atoms with E-state index in [0.29, 0.717) is 24.6 Å². The fraction of sp³-hybridized carbons (Fsp3) is 0.538. The molecule has 0 saturated heterocycles. The van der Waals surface area contributed by atoms with Crippen LogP contribution in [0.2, 0.25) is 0 Å². The Labute approximate surface area is 113 Å². The van der Waals surface area contributed by atoms with Crippen molar-refractivity contribution >= 4 is 15.7 Å². The fourth-order valence-electron chi connectivity index (χ4n) is 1.82. The van der Waals surface area contributed by atoms with Gasteiger partial charge in [-0.25, -0.2) is 12.8 Å². The molecule has 0 unspecified atom stereocenters. The number of para-hydroxylation sites is 1. The molecule has 1 aromatic carbocycles. The SMILES string of the molecule is Cc1cccc(F)c1NS(=O)(=O)CCCNC1CC1. The number of aryl methyl sites for hydroxylation is 1. The average Bonchev–Trinajstić information content (AvgIpc) is 3.14. The predicted octanol–water partition coefficient (Wildman–Crippen LogP) is 2.02. The first-order chi connectivity index (χ1) is 8.98. The summed E-state index contributed by atoms with van der Waals surface area (Å²) < 4.78 is 39.6. The quantitative estimate of drug-likeness (QED) is 0.754. The molecular formula is C13H19FN2O2S. The van der Waals surface area contributed by atoms with E-state index in [2.05, 4.69) is 10.0 Å². The van der Waals surface area contributed by atoms with Crippen LogP contribution in [0.4, 0.5) is 10.1 Å². The molecule has 4 nitrogen and oxygen atoms in total. The standard InChI is InChI=1S/C13H19FN2O2S/c1-10-4-2-5-12(14)13(10)16-19(17,18)9-3-8-15-11-6-7-11/h2,4-5,11,15-16H,3,6-9H2,1H3. The molecule has 0 aromatic heterocycles. The number of rotatable bonds is 7. The zero-order chi connectivity index (χ0) is 13.9.